The number of sulfonamides is 1. The monoisotopic (exact) mass is 474 g/mol. The molecule has 1 aliphatic heterocycles. The van der Waals surface area contributed by atoms with Crippen molar-refractivity contribution in [3.8, 4) is 0 Å². The molecule has 0 bridgehead atoms. The van der Waals surface area contributed by atoms with Gasteiger partial charge in [-0.05, 0) is 74.6 Å². The molecule has 2 heterocycles. The Hall–Kier alpha value is -2.69. The zero-order valence-corrected chi connectivity index (χ0v) is 19.6. The van der Waals surface area contributed by atoms with Gasteiger partial charge in [-0.1, -0.05) is 23.5 Å². The van der Waals surface area contributed by atoms with Crippen LogP contribution in [0.4, 0.5) is 10.1 Å². The topological polar surface area (TPSA) is 92.3 Å². The van der Waals surface area contributed by atoms with Gasteiger partial charge in [0, 0.05) is 12.2 Å². The number of nitrogens with one attached hydrogen (secondary N) is 1. The first-order valence-electron chi connectivity index (χ1n) is 10.2. The molecule has 1 N–H and O–H groups in total. The second-order valence-corrected chi connectivity index (χ2v) is 10.8. The maximum Gasteiger partial charge on any atom is 0.286 e. The first kappa shape index (κ1) is 22.5. The number of anilines is 1. The van der Waals surface area contributed by atoms with Gasteiger partial charge in [-0.3, -0.25) is 4.79 Å². The first-order chi connectivity index (χ1) is 15.2. The van der Waals surface area contributed by atoms with Crippen LogP contribution in [0.1, 0.15) is 50.4 Å². The zero-order chi connectivity index (χ0) is 23.0. The van der Waals surface area contributed by atoms with E-state index < -0.39 is 27.8 Å². The molecule has 0 unspecified atom stereocenters. The number of rotatable bonds is 5. The number of hydrogen-bond donors (Lipinski definition) is 1. The molecule has 1 aromatic heterocycles. The third kappa shape index (κ3) is 4.30. The van der Waals surface area contributed by atoms with Crippen LogP contribution in [-0.2, 0) is 10.0 Å². The van der Waals surface area contributed by atoms with Gasteiger partial charge in [0.15, 0.2) is 0 Å². The molecule has 168 valence electrons. The fraction of sp³-hybridized carbons (Fsp3) is 0.318. The molecule has 0 radical (unpaired) electrons. The van der Waals surface area contributed by atoms with Crippen LogP contribution in [0.15, 0.2) is 41.3 Å². The van der Waals surface area contributed by atoms with Crippen LogP contribution < -0.4 is 5.32 Å². The van der Waals surface area contributed by atoms with Gasteiger partial charge in [-0.2, -0.15) is 4.31 Å². The van der Waals surface area contributed by atoms with E-state index in [0.717, 1.165) is 22.5 Å². The molecule has 10 heteroatoms. The summed E-state index contributed by atoms with van der Waals surface area (Å²) in [5.74, 6) is -0.981. The summed E-state index contributed by atoms with van der Waals surface area (Å²) >= 11 is 1.05. The van der Waals surface area contributed by atoms with E-state index in [4.69, 9.17) is 0 Å². The Balaban J connectivity index is 1.59. The average Bonchev–Trinajstić information content (AvgIpc) is 3.40. The number of nitrogens with zero attached hydrogens (tertiary/aromatic N) is 3. The number of halogens is 1. The lowest BCUT2D eigenvalue weighted by Gasteiger charge is -2.23. The lowest BCUT2D eigenvalue weighted by molar-refractivity contribution is 0.102. The van der Waals surface area contributed by atoms with Crippen LogP contribution in [0.3, 0.4) is 0 Å². The van der Waals surface area contributed by atoms with Crippen LogP contribution in [-0.4, -0.2) is 35.4 Å². The maximum atomic E-state index is 13.5. The number of carbonyl (C=O) groups excluding carboxylic acids is 1. The van der Waals surface area contributed by atoms with Gasteiger partial charge in [0.1, 0.15) is 10.8 Å². The highest BCUT2D eigenvalue weighted by atomic mass is 32.2. The van der Waals surface area contributed by atoms with Crippen molar-refractivity contribution in [1.29, 1.82) is 0 Å². The van der Waals surface area contributed by atoms with E-state index in [2.05, 4.69) is 15.5 Å². The molecule has 3 aromatic rings. The zero-order valence-electron chi connectivity index (χ0n) is 17.9. The molecule has 32 heavy (non-hydrogen) atoms. The summed E-state index contributed by atoms with van der Waals surface area (Å²) < 4.78 is 41.8. The van der Waals surface area contributed by atoms with Crippen molar-refractivity contribution in [2.75, 3.05) is 11.9 Å². The van der Waals surface area contributed by atoms with E-state index >= 15 is 0 Å². The number of aryl methyl sites for hydroxylation is 3. The quantitative estimate of drug-likeness (QED) is 0.592. The van der Waals surface area contributed by atoms with Gasteiger partial charge >= 0.3 is 0 Å². The van der Waals surface area contributed by atoms with Crippen molar-refractivity contribution < 1.29 is 17.6 Å². The van der Waals surface area contributed by atoms with Gasteiger partial charge in [-0.25, -0.2) is 12.8 Å². The van der Waals surface area contributed by atoms with Crippen LogP contribution in [0.5, 0.6) is 0 Å². The van der Waals surface area contributed by atoms with E-state index in [9.17, 15) is 17.6 Å². The molecule has 2 aromatic carbocycles. The summed E-state index contributed by atoms with van der Waals surface area (Å²) in [5.41, 5.74) is 2.96. The van der Waals surface area contributed by atoms with Crippen molar-refractivity contribution in [2.24, 2.45) is 0 Å². The molecular formula is C22H23FN4O3S2. The fourth-order valence-electron chi connectivity index (χ4n) is 3.82. The van der Waals surface area contributed by atoms with E-state index in [1.54, 1.807) is 19.1 Å². The minimum absolute atomic E-state index is 0.0934. The summed E-state index contributed by atoms with van der Waals surface area (Å²) in [6.07, 6.45) is 1.29. The molecule has 1 saturated heterocycles. The van der Waals surface area contributed by atoms with Crippen molar-refractivity contribution in [3.63, 3.8) is 0 Å². The fourth-order valence-corrected chi connectivity index (χ4v) is 6.73. The normalized spacial score (nSPS) is 16.9. The van der Waals surface area contributed by atoms with E-state index in [1.165, 1.54) is 22.5 Å². The Morgan fingerprint density at radius 3 is 2.62 bits per heavy atom. The number of carbonyl (C=O) groups is 1. The Bertz CT molecular complexity index is 1290. The first-order valence-corrected chi connectivity index (χ1v) is 12.4. The summed E-state index contributed by atoms with van der Waals surface area (Å²) in [6.45, 7) is 6.02. The molecule has 7 nitrogen and oxygen atoms in total. The number of benzene rings is 2. The van der Waals surface area contributed by atoms with Crippen molar-refractivity contribution in [2.45, 2.75) is 44.6 Å². The molecular weight excluding hydrogens is 451 g/mol. The number of amides is 1. The van der Waals surface area contributed by atoms with Crippen LogP contribution in [0, 0.1) is 26.6 Å². The lowest BCUT2D eigenvalue weighted by Crippen LogP contribution is -2.31. The van der Waals surface area contributed by atoms with Gasteiger partial charge in [0.05, 0.1) is 10.9 Å². The van der Waals surface area contributed by atoms with E-state index in [-0.39, 0.29) is 5.01 Å². The van der Waals surface area contributed by atoms with Crippen LogP contribution >= 0.6 is 11.3 Å². The standard InChI is InChI=1S/C22H23FN4O3S2/c1-13-10-15(3)19(11-14(13)2)32(29,30)27-9-5-8-18(27)21-25-26-22(31-21)20(28)24-17-7-4-6-16(23)12-17/h4,6-7,10-12,18H,5,8-9H2,1-3H3,(H,24,28)/t18-/m0/s1. The Labute approximate surface area is 190 Å². The van der Waals surface area contributed by atoms with Crippen molar-refractivity contribution >= 4 is 33.0 Å². The van der Waals surface area contributed by atoms with Crippen LogP contribution in [0.25, 0.3) is 0 Å². The van der Waals surface area contributed by atoms with Crippen LogP contribution in [0.2, 0.25) is 0 Å². The summed E-state index contributed by atoms with van der Waals surface area (Å²) in [4.78, 5) is 12.8. The van der Waals surface area contributed by atoms with Gasteiger partial charge in [0.25, 0.3) is 5.91 Å². The second-order valence-electron chi connectivity index (χ2n) is 7.89. The van der Waals surface area contributed by atoms with Gasteiger partial charge in [0.2, 0.25) is 15.0 Å². The molecule has 0 spiro atoms. The third-order valence-corrected chi connectivity index (χ3v) is 8.66. The maximum absolute atomic E-state index is 13.5. The highest BCUT2D eigenvalue weighted by Crippen LogP contribution is 2.38. The van der Waals surface area contributed by atoms with Crippen molar-refractivity contribution in [3.05, 3.63) is 68.9 Å². The molecule has 4 rings (SSSR count). The minimum Gasteiger partial charge on any atom is -0.320 e. The average molecular weight is 475 g/mol. The smallest absolute Gasteiger partial charge is 0.286 e. The summed E-state index contributed by atoms with van der Waals surface area (Å²) in [7, 11) is -3.74. The lowest BCUT2D eigenvalue weighted by atomic mass is 10.1. The molecule has 0 saturated carbocycles. The number of aromatic nitrogens is 2. The summed E-state index contributed by atoms with van der Waals surface area (Å²) in [6, 6.07) is 8.67. The van der Waals surface area contributed by atoms with Gasteiger partial charge < -0.3 is 5.32 Å². The minimum atomic E-state index is -3.74. The molecule has 1 atom stereocenters. The molecule has 1 amide bonds. The van der Waals surface area contributed by atoms with E-state index in [1.807, 2.05) is 19.9 Å². The van der Waals surface area contributed by atoms with Crippen molar-refractivity contribution in [1.82, 2.24) is 14.5 Å². The highest BCUT2D eigenvalue weighted by Gasteiger charge is 2.39. The number of hydrogen-bond acceptors (Lipinski definition) is 6. The SMILES string of the molecule is Cc1cc(C)c(S(=O)(=O)N2CCC[C@H]2c2nnc(C(=O)Nc3cccc(F)c3)s2)cc1C. The third-order valence-electron chi connectivity index (χ3n) is 5.58. The predicted octanol–water partition coefficient (Wildman–Crippen LogP) is 4.38. The Kier molecular flexibility index (Phi) is 6.11. The second kappa shape index (κ2) is 8.68. The molecule has 1 fully saturated rings. The molecule has 0 aliphatic carbocycles. The van der Waals surface area contributed by atoms with E-state index in [0.29, 0.717) is 40.5 Å². The highest BCUT2D eigenvalue weighted by molar-refractivity contribution is 7.89. The molecule has 1 aliphatic rings. The van der Waals surface area contributed by atoms with Gasteiger partial charge in [-0.15, -0.1) is 10.2 Å². The largest absolute Gasteiger partial charge is 0.320 e. The summed E-state index contributed by atoms with van der Waals surface area (Å²) in [5, 5.41) is 11.2. The Morgan fingerprint density at radius 1 is 1.12 bits per heavy atom. The predicted molar refractivity (Wildman–Crippen MR) is 121 cm³/mol. The Morgan fingerprint density at radius 2 is 1.88 bits per heavy atom.